The summed E-state index contributed by atoms with van der Waals surface area (Å²) in [6, 6.07) is 0. The van der Waals surface area contributed by atoms with Crippen molar-refractivity contribution in [2.24, 2.45) is 0 Å². The minimum absolute atomic E-state index is 0.612. The summed E-state index contributed by atoms with van der Waals surface area (Å²) in [6.45, 7) is 3.36. The lowest BCUT2D eigenvalue weighted by Gasteiger charge is -2.17. The third-order valence-corrected chi connectivity index (χ3v) is 3.88. The molecule has 15 heavy (non-hydrogen) atoms. The monoisotopic (exact) mass is 205 g/mol. The molecule has 82 valence electrons. The predicted molar refractivity (Wildman–Crippen MR) is 58.9 cm³/mol. The molecule has 2 heterocycles. The number of aromatic nitrogens is 3. The molecule has 0 radical (unpaired) electrons. The maximum absolute atomic E-state index is 4.77. The molecule has 2 aliphatic rings. The van der Waals surface area contributed by atoms with Crippen molar-refractivity contribution in [2.45, 2.75) is 63.8 Å². The Bertz CT molecular complexity index is 350. The lowest BCUT2D eigenvalue weighted by atomic mass is 10.0. The van der Waals surface area contributed by atoms with E-state index >= 15 is 0 Å². The molecule has 3 rings (SSSR count). The van der Waals surface area contributed by atoms with Gasteiger partial charge in [-0.25, -0.2) is 9.67 Å². The summed E-state index contributed by atoms with van der Waals surface area (Å²) in [5.74, 6) is 3.65. The largest absolute Gasteiger partial charge is 0.250 e. The van der Waals surface area contributed by atoms with E-state index in [-0.39, 0.29) is 0 Å². The number of fused-ring (bicyclic) bond motifs is 1. The molecule has 3 nitrogen and oxygen atoms in total. The molecule has 1 atom stereocenters. The van der Waals surface area contributed by atoms with Crippen molar-refractivity contribution < 1.29 is 0 Å². The van der Waals surface area contributed by atoms with Crippen molar-refractivity contribution in [2.75, 3.05) is 0 Å². The van der Waals surface area contributed by atoms with Gasteiger partial charge in [0.05, 0.1) is 0 Å². The number of rotatable bonds is 1. The van der Waals surface area contributed by atoms with Gasteiger partial charge < -0.3 is 0 Å². The molecule has 1 aromatic heterocycles. The van der Waals surface area contributed by atoms with E-state index in [2.05, 4.69) is 16.7 Å². The average Bonchev–Trinajstić information content (AvgIpc) is 2.86. The normalized spacial score (nSPS) is 26.9. The Morgan fingerprint density at radius 1 is 1.13 bits per heavy atom. The van der Waals surface area contributed by atoms with E-state index in [0.717, 1.165) is 12.4 Å². The van der Waals surface area contributed by atoms with Crippen LogP contribution >= 0.6 is 0 Å². The highest BCUT2D eigenvalue weighted by molar-refractivity contribution is 5.06. The molecule has 0 saturated heterocycles. The molecule has 1 aliphatic carbocycles. The van der Waals surface area contributed by atoms with Crippen LogP contribution in [0.15, 0.2) is 0 Å². The molecular weight excluding hydrogens is 186 g/mol. The smallest absolute Gasteiger partial charge is 0.154 e. The number of nitrogens with zero attached hydrogens (tertiary/aromatic N) is 3. The molecule has 0 spiro atoms. The molecule has 0 N–H and O–H groups in total. The lowest BCUT2D eigenvalue weighted by Crippen LogP contribution is -2.14. The van der Waals surface area contributed by atoms with Crippen LogP contribution in [0, 0.1) is 0 Å². The zero-order valence-electron chi connectivity index (χ0n) is 9.45. The van der Waals surface area contributed by atoms with Gasteiger partial charge in [0.2, 0.25) is 0 Å². The highest BCUT2D eigenvalue weighted by Crippen LogP contribution is 2.34. The van der Waals surface area contributed by atoms with Crippen LogP contribution in [0.2, 0.25) is 0 Å². The average molecular weight is 205 g/mol. The van der Waals surface area contributed by atoms with Gasteiger partial charge in [-0.3, -0.25) is 0 Å². The fraction of sp³-hybridized carbons (Fsp3) is 0.833. The van der Waals surface area contributed by atoms with Crippen LogP contribution in [0.5, 0.6) is 0 Å². The second-order valence-electron chi connectivity index (χ2n) is 5.08. The van der Waals surface area contributed by atoms with Gasteiger partial charge in [-0.15, -0.1) is 0 Å². The highest BCUT2D eigenvalue weighted by Gasteiger charge is 2.26. The molecule has 1 fully saturated rings. The third-order valence-electron chi connectivity index (χ3n) is 3.88. The van der Waals surface area contributed by atoms with Crippen LogP contribution in [-0.4, -0.2) is 14.8 Å². The highest BCUT2D eigenvalue weighted by atomic mass is 15.4. The van der Waals surface area contributed by atoms with Crippen LogP contribution in [-0.2, 0) is 6.54 Å². The van der Waals surface area contributed by atoms with Crippen molar-refractivity contribution in [3.8, 4) is 0 Å². The molecule has 1 aromatic rings. The molecular formula is C12H19N3. The van der Waals surface area contributed by atoms with Crippen molar-refractivity contribution in [3.05, 3.63) is 11.6 Å². The van der Waals surface area contributed by atoms with Gasteiger partial charge >= 0.3 is 0 Å². The first-order valence-corrected chi connectivity index (χ1v) is 6.29. The minimum atomic E-state index is 0.612. The van der Waals surface area contributed by atoms with Crippen LogP contribution in [0.3, 0.4) is 0 Å². The summed E-state index contributed by atoms with van der Waals surface area (Å²) in [5, 5.41) is 4.69. The van der Waals surface area contributed by atoms with Crippen LogP contribution < -0.4 is 0 Å². The Hall–Kier alpha value is -0.860. The Balaban J connectivity index is 1.90. The minimum Gasteiger partial charge on any atom is -0.250 e. The summed E-state index contributed by atoms with van der Waals surface area (Å²) < 4.78 is 2.15. The van der Waals surface area contributed by atoms with E-state index in [0.29, 0.717) is 11.8 Å². The van der Waals surface area contributed by atoms with Crippen molar-refractivity contribution in [1.82, 2.24) is 14.8 Å². The van der Waals surface area contributed by atoms with Crippen molar-refractivity contribution >= 4 is 0 Å². The van der Waals surface area contributed by atoms with E-state index < -0.39 is 0 Å². The van der Waals surface area contributed by atoms with Gasteiger partial charge in [0.25, 0.3) is 0 Å². The second kappa shape index (κ2) is 3.62. The maximum Gasteiger partial charge on any atom is 0.154 e. The number of aryl methyl sites for hydroxylation is 1. The van der Waals surface area contributed by atoms with Crippen LogP contribution in [0.1, 0.15) is 68.9 Å². The van der Waals surface area contributed by atoms with E-state index in [4.69, 9.17) is 4.98 Å². The summed E-state index contributed by atoms with van der Waals surface area (Å²) in [7, 11) is 0. The van der Waals surface area contributed by atoms with Gasteiger partial charge in [-0.05, 0) is 25.7 Å². The summed E-state index contributed by atoms with van der Waals surface area (Å²) in [4.78, 5) is 4.77. The Labute approximate surface area is 90.9 Å². The van der Waals surface area contributed by atoms with Crippen LogP contribution in [0.4, 0.5) is 0 Å². The second-order valence-corrected chi connectivity index (χ2v) is 5.08. The standard InChI is InChI=1S/C12H19N3/c1-9-5-4-8-15-12(9)13-11(14-15)10-6-2-3-7-10/h9-10H,2-8H2,1H3. The van der Waals surface area contributed by atoms with Gasteiger partial charge in [0.15, 0.2) is 5.82 Å². The molecule has 1 aliphatic heterocycles. The summed E-state index contributed by atoms with van der Waals surface area (Å²) >= 11 is 0. The van der Waals surface area contributed by atoms with Gasteiger partial charge in [0.1, 0.15) is 5.82 Å². The maximum atomic E-state index is 4.77. The quantitative estimate of drug-likeness (QED) is 0.705. The van der Waals surface area contributed by atoms with Crippen LogP contribution in [0.25, 0.3) is 0 Å². The zero-order chi connectivity index (χ0) is 10.3. The topological polar surface area (TPSA) is 30.7 Å². The zero-order valence-corrected chi connectivity index (χ0v) is 9.45. The first-order valence-electron chi connectivity index (χ1n) is 6.29. The molecule has 0 amide bonds. The van der Waals surface area contributed by atoms with Gasteiger partial charge in [-0.2, -0.15) is 5.10 Å². The third kappa shape index (κ3) is 1.58. The first kappa shape index (κ1) is 9.37. The Kier molecular flexibility index (Phi) is 2.26. The Morgan fingerprint density at radius 2 is 1.93 bits per heavy atom. The fourth-order valence-corrected chi connectivity index (χ4v) is 2.93. The SMILES string of the molecule is CC1CCCn2nc(C3CCCC3)nc21. The predicted octanol–water partition coefficient (Wildman–Crippen LogP) is 2.83. The molecule has 0 bridgehead atoms. The van der Waals surface area contributed by atoms with E-state index in [1.54, 1.807) is 0 Å². The summed E-state index contributed by atoms with van der Waals surface area (Å²) in [5.41, 5.74) is 0. The molecule has 1 saturated carbocycles. The fourth-order valence-electron chi connectivity index (χ4n) is 2.93. The molecule has 0 aromatic carbocycles. The van der Waals surface area contributed by atoms with Gasteiger partial charge in [-0.1, -0.05) is 19.8 Å². The van der Waals surface area contributed by atoms with Crippen molar-refractivity contribution in [1.29, 1.82) is 0 Å². The lowest BCUT2D eigenvalue weighted by molar-refractivity contribution is 0.430. The number of hydrogen-bond acceptors (Lipinski definition) is 2. The molecule has 1 unspecified atom stereocenters. The van der Waals surface area contributed by atoms with E-state index in [9.17, 15) is 0 Å². The Morgan fingerprint density at radius 3 is 2.67 bits per heavy atom. The van der Waals surface area contributed by atoms with E-state index in [1.807, 2.05) is 0 Å². The molecule has 3 heteroatoms. The van der Waals surface area contributed by atoms with Crippen molar-refractivity contribution in [3.63, 3.8) is 0 Å². The first-order chi connectivity index (χ1) is 7.34. The van der Waals surface area contributed by atoms with E-state index in [1.165, 1.54) is 44.3 Å². The van der Waals surface area contributed by atoms with Gasteiger partial charge in [0, 0.05) is 18.4 Å². The number of hydrogen-bond donors (Lipinski definition) is 0. The summed E-state index contributed by atoms with van der Waals surface area (Å²) in [6.07, 6.45) is 7.88.